The highest BCUT2D eigenvalue weighted by Crippen LogP contribution is 2.36. The van der Waals surface area contributed by atoms with E-state index in [0.29, 0.717) is 31.3 Å². The fourth-order valence-corrected chi connectivity index (χ4v) is 5.50. The van der Waals surface area contributed by atoms with Crippen molar-refractivity contribution in [3.8, 4) is 11.4 Å². The minimum absolute atomic E-state index is 0.0968. The maximum absolute atomic E-state index is 16.1. The van der Waals surface area contributed by atoms with Gasteiger partial charge in [0, 0.05) is 31.1 Å². The first kappa shape index (κ1) is 25.6. The van der Waals surface area contributed by atoms with Gasteiger partial charge in [0.1, 0.15) is 23.1 Å². The van der Waals surface area contributed by atoms with Crippen LogP contribution in [0.4, 0.5) is 28.0 Å². The van der Waals surface area contributed by atoms with Gasteiger partial charge in [0.05, 0.1) is 27.8 Å². The van der Waals surface area contributed by atoms with Crippen molar-refractivity contribution in [3.05, 3.63) is 88.4 Å². The highest BCUT2D eigenvalue weighted by atomic mass is 32.2. The van der Waals surface area contributed by atoms with E-state index >= 15 is 8.78 Å². The van der Waals surface area contributed by atoms with Crippen molar-refractivity contribution in [2.45, 2.75) is 11.4 Å². The van der Waals surface area contributed by atoms with Crippen LogP contribution in [0.5, 0.6) is 5.75 Å². The summed E-state index contributed by atoms with van der Waals surface area (Å²) in [5, 5.41) is 9.27. The van der Waals surface area contributed by atoms with Crippen LogP contribution < -0.4 is 15.1 Å². The molecule has 3 heterocycles. The molecule has 0 amide bonds. The summed E-state index contributed by atoms with van der Waals surface area (Å²) in [5.74, 6) is -4.23. The topological polar surface area (TPSA) is 84.7 Å². The Hall–Kier alpha value is -4.06. The summed E-state index contributed by atoms with van der Waals surface area (Å²) in [6, 6.07) is 8.76. The van der Waals surface area contributed by atoms with Crippen LogP contribution >= 0.6 is 11.8 Å². The number of nitrogens with zero attached hydrogens (tertiary/aromatic N) is 3. The van der Waals surface area contributed by atoms with E-state index < -0.39 is 62.9 Å². The molecule has 1 N–H and O–H groups in total. The molecule has 4 aromatic rings. The first-order chi connectivity index (χ1) is 18.2. The molecular formula is C26H19F4N3O4S. The quantitative estimate of drug-likeness (QED) is 0.191. The van der Waals surface area contributed by atoms with Crippen molar-refractivity contribution >= 4 is 34.5 Å². The summed E-state index contributed by atoms with van der Waals surface area (Å²) in [7, 11) is 0. The third kappa shape index (κ3) is 4.91. The molecule has 0 saturated carbocycles. The van der Waals surface area contributed by atoms with Crippen molar-refractivity contribution in [1.82, 2.24) is 9.55 Å². The Morgan fingerprint density at radius 1 is 1.13 bits per heavy atom. The number of rotatable bonds is 6. The number of carboxylic acid groups (broad SMARTS) is 1. The zero-order valence-corrected chi connectivity index (χ0v) is 20.4. The van der Waals surface area contributed by atoms with Crippen molar-refractivity contribution in [1.29, 1.82) is 0 Å². The van der Waals surface area contributed by atoms with Crippen molar-refractivity contribution in [2.75, 3.05) is 23.7 Å². The largest absolute Gasteiger partial charge is 0.511 e. The van der Waals surface area contributed by atoms with E-state index in [1.165, 1.54) is 16.7 Å². The van der Waals surface area contributed by atoms with E-state index in [1.807, 2.05) is 12.1 Å². The van der Waals surface area contributed by atoms with E-state index in [-0.39, 0.29) is 5.92 Å². The molecule has 2 aromatic heterocycles. The number of halogens is 4. The Kier molecular flexibility index (Phi) is 6.98. The number of anilines is 1. The number of pyridine rings is 2. The summed E-state index contributed by atoms with van der Waals surface area (Å²) >= 11 is 1.53. The first-order valence-corrected chi connectivity index (χ1v) is 12.4. The Labute approximate surface area is 217 Å². The van der Waals surface area contributed by atoms with Gasteiger partial charge in [0.25, 0.3) is 0 Å². The van der Waals surface area contributed by atoms with Gasteiger partial charge >= 0.3 is 6.16 Å². The van der Waals surface area contributed by atoms with Gasteiger partial charge in [-0.05, 0) is 42.7 Å². The van der Waals surface area contributed by atoms with Gasteiger partial charge in [-0.25, -0.2) is 27.3 Å². The zero-order chi connectivity index (χ0) is 27.0. The first-order valence-electron chi connectivity index (χ1n) is 11.4. The van der Waals surface area contributed by atoms with Crippen molar-refractivity contribution in [2.24, 2.45) is 5.92 Å². The summed E-state index contributed by atoms with van der Waals surface area (Å²) in [6.07, 6.45) is 1.27. The highest BCUT2D eigenvalue weighted by Gasteiger charge is 2.30. The molecule has 2 aromatic carbocycles. The Morgan fingerprint density at radius 3 is 2.66 bits per heavy atom. The molecule has 1 unspecified atom stereocenters. The second kappa shape index (κ2) is 10.4. The number of ether oxygens (including phenoxy) is 1. The maximum Gasteiger partial charge on any atom is 0.511 e. The molecule has 1 aliphatic rings. The molecular weight excluding hydrogens is 526 g/mol. The predicted molar refractivity (Wildman–Crippen MR) is 133 cm³/mol. The average molecular weight is 546 g/mol. The minimum Gasteiger partial charge on any atom is -0.449 e. The second-order valence-corrected chi connectivity index (χ2v) is 9.69. The third-order valence-electron chi connectivity index (χ3n) is 6.20. The van der Waals surface area contributed by atoms with E-state index in [1.54, 1.807) is 12.3 Å². The monoisotopic (exact) mass is 545 g/mol. The Bertz CT molecular complexity index is 1600. The molecule has 0 aliphatic carbocycles. The number of aromatic nitrogens is 2. The number of carbonyl (C=O) groups is 1. The lowest BCUT2D eigenvalue weighted by molar-refractivity contribution is 0.144. The normalized spacial score (nSPS) is 15.3. The van der Waals surface area contributed by atoms with Crippen molar-refractivity contribution in [3.63, 3.8) is 0 Å². The fraction of sp³-hybridized carbons (Fsp3) is 0.192. The number of benzene rings is 2. The van der Waals surface area contributed by atoms with Gasteiger partial charge in [-0.2, -0.15) is 0 Å². The van der Waals surface area contributed by atoms with Crippen LogP contribution in [0, 0.1) is 29.2 Å². The minimum atomic E-state index is -1.85. The summed E-state index contributed by atoms with van der Waals surface area (Å²) in [6.45, 7) is 0.663. The molecule has 0 bridgehead atoms. The summed E-state index contributed by atoms with van der Waals surface area (Å²) < 4.78 is 65.0. The lowest BCUT2D eigenvalue weighted by Gasteiger charge is -2.23. The van der Waals surface area contributed by atoms with Gasteiger partial charge in [-0.15, -0.1) is 11.8 Å². The van der Waals surface area contributed by atoms with Crippen LogP contribution in [0.2, 0.25) is 0 Å². The smallest absolute Gasteiger partial charge is 0.449 e. The molecule has 0 spiro atoms. The van der Waals surface area contributed by atoms with Gasteiger partial charge < -0.3 is 19.3 Å². The zero-order valence-electron chi connectivity index (χ0n) is 19.5. The maximum atomic E-state index is 16.1. The van der Waals surface area contributed by atoms with Crippen LogP contribution in [0.3, 0.4) is 0 Å². The van der Waals surface area contributed by atoms with E-state index in [0.717, 1.165) is 34.0 Å². The van der Waals surface area contributed by atoms with E-state index in [2.05, 4.69) is 9.72 Å². The molecule has 7 nitrogen and oxygen atoms in total. The van der Waals surface area contributed by atoms with Gasteiger partial charge in [-0.3, -0.25) is 4.79 Å². The van der Waals surface area contributed by atoms with Crippen molar-refractivity contribution < 1.29 is 32.2 Å². The van der Waals surface area contributed by atoms with E-state index in [4.69, 9.17) is 5.11 Å². The Morgan fingerprint density at radius 2 is 1.95 bits per heavy atom. The van der Waals surface area contributed by atoms with Crippen LogP contribution in [-0.2, 0) is 0 Å². The molecule has 196 valence electrons. The number of thioether (sulfide) groups is 1. The molecule has 1 fully saturated rings. The molecule has 1 saturated heterocycles. The molecule has 5 rings (SSSR count). The van der Waals surface area contributed by atoms with Crippen LogP contribution in [0.25, 0.3) is 16.6 Å². The SMILES string of the molecule is O=C(O)Oc1cn(-c2ccc(F)cc2F)c2c(F)c(N3CCC(CSc4ccccn4)C3)c(F)cc2c1=O. The Balaban J connectivity index is 1.59. The summed E-state index contributed by atoms with van der Waals surface area (Å²) in [5.41, 5.74) is -2.39. The molecule has 0 radical (unpaired) electrons. The van der Waals surface area contributed by atoms with E-state index in [9.17, 15) is 18.4 Å². The van der Waals surface area contributed by atoms with Gasteiger partial charge in [0.15, 0.2) is 11.6 Å². The van der Waals surface area contributed by atoms with Gasteiger partial charge in [0.2, 0.25) is 5.43 Å². The lowest BCUT2D eigenvalue weighted by Crippen LogP contribution is -2.24. The second-order valence-electron chi connectivity index (χ2n) is 8.65. The number of hydrogen-bond acceptors (Lipinski definition) is 6. The third-order valence-corrected chi connectivity index (χ3v) is 7.37. The standard InChI is InChI=1S/C26H19F4N3O4S/c27-15-4-5-19(17(28)9-15)33-12-20(37-26(35)36)25(34)16-10-18(29)24(22(30)23(16)33)32-8-6-14(11-32)13-38-21-3-1-2-7-31-21/h1-5,7,9-10,12,14H,6,8,11,13H2,(H,35,36). The average Bonchev–Trinajstić information content (AvgIpc) is 3.34. The summed E-state index contributed by atoms with van der Waals surface area (Å²) in [4.78, 5) is 29.8. The highest BCUT2D eigenvalue weighted by molar-refractivity contribution is 7.99. The predicted octanol–water partition coefficient (Wildman–Crippen LogP) is 5.62. The van der Waals surface area contributed by atoms with Crippen LogP contribution in [-0.4, -0.2) is 39.7 Å². The molecule has 1 atom stereocenters. The molecule has 1 aliphatic heterocycles. The van der Waals surface area contributed by atoms with Crippen LogP contribution in [0.15, 0.2) is 64.7 Å². The number of hydrogen-bond donors (Lipinski definition) is 1. The lowest BCUT2D eigenvalue weighted by atomic mass is 10.1. The molecule has 38 heavy (non-hydrogen) atoms. The fourth-order valence-electron chi connectivity index (χ4n) is 4.51. The van der Waals surface area contributed by atoms with Gasteiger partial charge in [-0.1, -0.05) is 6.07 Å². The molecule has 12 heteroatoms. The van der Waals surface area contributed by atoms with Crippen LogP contribution in [0.1, 0.15) is 6.42 Å². The number of fused-ring (bicyclic) bond motifs is 1.